The average Bonchev–Trinajstić information content (AvgIpc) is 3.41. The van der Waals surface area contributed by atoms with Gasteiger partial charge in [-0.3, -0.25) is 0 Å². The number of aromatic nitrogens is 3. The molecule has 0 spiro atoms. The smallest absolute Gasteiger partial charge is 0.319 e. The van der Waals surface area contributed by atoms with Gasteiger partial charge in [-0.05, 0) is 49.2 Å². The fourth-order valence-electron chi connectivity index (χ4n) is 3.38. The molecule has 164 valence electrons. The Hall–Kier alpha value is -2.76. The van der Waals surface area contributed by atoms with E-state index in [9.17, 15) is 17.6 Å². The summed E-state index contributed by atoms with van der Waals surface area (Å²) in [6.07, 6.45) is 1.73. The average molecular weight is 467 g/mol. The molecule has 0 radical (unpaired) electrons. The van der Waals surface area contributed by atoms with Gasteiger partial charge < -0.3 is 10.6 Å². The van der Waals surface area contributed by atoms with E-state index in [4.69, 9.17) is 11.6 Å². The molecule has 2 amide bonds. The summed E-state index contributed by atoms with van der Waals surface area (Å²) in [6.45, 7) is 1.63. The van der Waals surface area contributed by atoms with Crippen molar-refractivity contribution < 1.29 is 17.6 Å². The first kappa shape index (κ1) is 21.5. The van der Waals surface area contributed by atoms with Crippen LogP contribution in [-0.4, -0.2) is 53.4 Å². The number of fused-ring (bicyclic) bond motifs is 1. The number of urea groups is 1. The molecule has 0 unspecified atom stereocenters. The zero-order chi connectivity index (χ0) is 22.0. The number of amides is 2. The van der Waals surface area contributed by atoms with Crippen molar-refractivity contribution in [1.82, 2.24) is 24.6 Å². The molecule has 0 atom stereocenters. The highest BCUT2D eigenvalue weighted by Crippen LogP contribution is 2.23. The summed E-state index contributed by atoms with van der Waals surface area (Å²) in [5.41, 5.74) is 1.49. The number of hydrogen-bond donors (Lipinski definition) is 2. The Balaban J connectivity index is 1.38. The van der Waals surface area contributed by atoms with Crippen molar-refractivity contribution in [3.8, 4) is 0 Å². The topological polar surface area (TPSA) is 109 Å². The van der Waals surface area contributed by atoms with Gasteiger partial charge in [0, 0.05) is 25.3 Å². The minimum atomic E-state index is -3.53. The molecule has 3 aromatic rings. The van der Waals surface area contributed by atoms with Gasteiger partial charge in [0.25, 0.3) is 0 Å². The van der Waals surface area contributed by atoms with E-state index < -0.39 is 21.9 Å². The fourth-order valence-corrected chi connectivity index (χ4v) is 5.10. The summed E-state index contributed by atoms with van der Waals surface area (Å²) < 4.78 is 41.7. The highest BCUT2D eigenvalue weighted by molar-refractivity contribution is 7.89. The maximum absolute atomic E-state index is 13.2. The van der Waals surface area contributed by atoms with Crippen molar-refractivity contribution in [3.63, 3.8) is 0 Å². The number of nitrogens with one attached hydrogen (secondary N) is 2. The van der Waals surface area contributed by atoms with Crippen LogP contribution < -0.4 is 10.6 Å². The van der Waals surface area contributed by atoms with Crippen molar-refractivity contribution >= 4 is 44.4 Å². The van der Waals surface area contributed by atoms with Crippen LogP contribution in [0.1, 0.15) is 12.8 Å². The van der Waals surface area contributed by atoms with Crippen molar-refractivity contribution in [2.24, 2.45) is 0 Å². The summed E-state index contributed by atoms with van der Waals surface area (Å²) in [5, 5.41) is 13.2. The maximum atomic E-state index is 13.2. The van der Waals surface area contributed by atoms with Gasteiger partial charge >= 0.3 is 6.03 Å². The van der Waals surface area contributed by atoms with Gasteiger partial charge in [-0.15, -0.1) is 5.10 Å². The van der Waals surface area contributed by atoms with Crippen LogP contribution >= 0.6 is 11.6 Å². The molecule has 1 aliphatic heterocycles. The molecule has 0 aliphatic carbocycles. The summed E-state index contributed by atoms with van der Waals surface area (Å²) >= 11 is 5.70. The second-order valence-electron chi connectivity index (χ2n) is 7.08. The molecule has 0 saturated carbocycles. The van der Waals surface area contributed by atoms with Gasteiger partial charge in [0.15, 0.2) is 0 Å². The van der Waals surface area contributed by atoms with Gasteiger partial charge in [-0.1, -0.05) is 16.8 Å². The minimum absolute atomic E-state index is 0.0852. The van der Waals surface area contributed by atoms with E-state index in [0.717, 1.165) is 18.9 Å². The van der Waals surface area contributed by atoms with E-state index in [1.54, 1.807) is 16.8 Å². The van der Waals surface area contributed by atoms with Gasteiger partial charge in [-0.25, -0.2) is 22.3 Å². The van der Waals surface area contributed by atoms with E-state index in [1.807, 2.05) is 0 Å². The Morgan fingerprint density at radius 2 is 1.94 bits per heavy atom. The maximum Gasteiger partial charge on any atom is 0.319 e. The Morgan fingerprint density at radius 3 is 2.68 bits per heavy atom. The molecule has 9 nitrogen and oxygen atoms in total. The Morgan fingerprint density at radius 1 is 1.16 bits per heavy atom. The van der Waals surface area contributed by atoms with Crippen molar-refractivity contribution in [3.05, 3.63) is 47.2 Å². The normalized spacial score (nSPS) is 14.8. The number of carbonyl (C=O) groups excluding carboxylic acids is 1. The van der Waals surface area contributed by atoms with Crippen LogP contribution in [0.2, 0.25) is 5.02 Å². The third kappa shape index (κ3) is 4.63. The van der Waals surface area contributed by atoms with Crippen LogP contribution in [0.5, 0.6) is 0 Å². The zero-order valence-electron chi connectivity index (χ0n) is 16.4. The minimum Gasteiger partial charge on any atom is -0.336 e. The number of carbonyl (C=O) groups is 1. The molecule has 2 aromatic carbocycles. The second kappa shape index (κ2) is 8.77. The van der Waals surface area contributed by atoms with Gasteiger partial charge in [-0.2, -0.15) is 4.31 Å². The van der Waals surface area contributed by atoms with Gasteiger partial charge in [0.05, 0.1) is 22.0 Å². The highest BCUT2D eigenvalue weighted by atomic mass is 35.5. The summed E-state index contributed by atoms with van der Waals surface area (Å²) in [4.78, 5) is 12.2. The predicted molar refractivity (Wildman–Crippen MR) is 114 cm³/mol. The third-order valence-corrected chi connectivity index (χ3v) is 7.16. The van der Waals surface area contributed by atoms with Crippen LogP contribution in [0.3, 0.4) is 0 Å². The molecule has 12 heteroatoms. The molecule has 1 saturated heterocycles. The first-order chi connectivity index (χ1) is 14.8. The Kier molecular flexibility index (Phi) is 6.08. The summed E-state index contributed by atoms with van der Waals surface area (Å²) in [6, 6.07) is 8.14. The lowest BCUT2D eigenvalue weighted by Gasteiger charge is -2.15. The van der Waals surface area contributed by atoms with Crippen LogP contribution in [0.15, 0.2) is 41.3 Å². The standard InChI is InChI=1S/C19H20ClFN6O3S/c20-15-11-13(3-5-16(15)21)23-19(28)22-7-10-27-18-6-4-14(12-17(18)24-25-27)31(29,30)26-8-1-2-9-26/h3-6,11-12H,1-2,7-10H2,(H2,22,23,28). The third-order valence-electron chi connectivity index (χ3n) is 4.97. The molecular weight excluding hydrogens is 447 g/mol. The number of hydrogen-bond acceptors (Lipinski definition) is 5. The summed E-state index contributed by atoms with van der Waals surface area (Å²) in [5.74, 6) is -0.568. The molecule has 2 N–H and O–H groups in total. The number of benzene rings is 2. The Bertz CT molecular complexity index is 1230. The second-order valence-corrected chi connectivity index (χ2v) is 9.43. The lowest BCUT2D eigenvalue weighted by molar-refractivity contribution is 0.251. The fraction of sp³-hybridized carbons (Fsp3) is 0.316. The van der Waals surface area contributed by atoms with E-state index in [2.05, 4.69) is 20.9 Å². The first-order valence-corrected chi connectivity index (χ1v) is 11.5. The molecule has 31 heavy (non-hydrogen) atoms. The van der Waals surface area contributed by atoms with Crippen LogP contribution in [0, 0.1) is 5.82 Å². The lowest BCUT2D eigenvalue weighted by Crippen LogP contribution is -2.31. The molecule has 1 aliphatic rings. The number of sulfonamides is 1. The van der Waals surface area contributed by atoms with Crippen LogP contribution in [0.25, 0.3) is 11.0 Å². The van der Waals surface area contributed by atoms with Crippen molar-refractivity contribution in [1.29, 1.82) is 0 Å². The lowest BCUT2D eigenvalue weighted by atomic mass is 10.3. The first-order valence-electron chi connectivity index (χ1n) is 9.68. The highest BCUT2D eigenvalue weighted by Gasteiger charge is 2.27. The zero-order valence-corrected chi connectivity index (χ0v) is 18.0. The molecule has 1 fully saturated rings. The van der Waals surface area contributed by atoms with Crippen molar-refractivity contribution in [2.45, 2.75) is 24.3 Å². The van der Waals surface area contributed by atoms with E-state index in [0.29, 0.717) is 36.4 Å². The van der Waals surface area contributed by atoms with Crippen molar-refractivity contribution in [2.75, 3.05) is 25.0 Å². The molecular formula is C19H20ClFN6O3S. The summed E-state index contributed by atoms with van der Waals surface area (Å²) in [7, 11) is -3.53. The number of rotatable bonds is 6. The number of nitrogens with zero attached hydrogens (tertiary/aromatic N) is 4. The molecule has 2 heterocycles. The molecule has 4 rings (SSSR count). The number of halogens is 2. The van der Waals surface area contributed by atoms with Crippen LogP contribution in [0.4, 0.5) is 14.9 Å². The molecule has 1 aromatic heterocycles. The molecule has 0 bridgehead atoms. The monoisotopic (exact) mass is 466 g/mol. The Labute approximate surface area is 183 Å². The van der Waals surface area contributed by atoms with Crippen LogP contribution in [-0.2, 0) is 16.6 Å². The van der Waals surface area contributed by atoms with E-state index in [1.165, 1.54) is 22.5 Å². The SMILES string of the molecule is O=C(NCCn1nnc2cc(S(=O)(=O)N3CCCC3)ccc21)Nc1ccc(F)c(Cl)c1. The predicted octanol–water partition coefficient (Wildman–Crippen LogP) is 2.83. The quantitative estimate of drug-likeness (QED) is 0.580. The van der Waals surface area contributed by atoms with E-state index in [-0.39, 0.29) is 16.5 Å². The van der Waals surface area contributed by atoms with E-state index >= 15 is 0 Å². The van der Waals surface area contributed by atoms with Gasteiger partial charge in [0.1, 0.15) is 11.3 Å². The van der Waals surface area contributed by atoms with Gasteiger partial charge in [0.2, 0.25) is 10.0 Å². The largest absolute Gasteiger partial charge is 0.336 e. The number of anilines is 1.